The zero-order valence-corrected chi connectivity index (χ0v) is 9.61. The summed E-state index contributed by atoms with van der Waals surface area (Å²) in [7, 11) is 2.08. The third-order valence-corrected chi connectivity index (χ3v) is 2.67. The average Bonchev–Trinajstić information content (AvgIpc) is 2.21. The van der Waals surface area contributed by atoms with Crippen LogP contribution in [-0.4, -0.2) is 55.3 Å². The van der Waals surface area contributed by atoms with Crippen molar-refractivity contribution in [1.29, 1.82) is 0 Å². The minimum Gasteiger partial charge on any atom is -0.481 e. The average molecular weight is 218 g/mol. The molecule has 0 aromatic rings. The van der Waals surface area contributed by atoms with Gasteiger partial charge in [0.1, 0.15) is 0 Å². The summed E-state index contributed by atoms with van der Waals surface area (Å²) in [5.41, 5.74) is 10.9. The van der Waals surface area contributed by atoms with E-state index in [-0.39, 0.29) is 6.42 Å². The minimum absolute atomic E-state index is 0.214. The van der Waals surface area contributed by atoms with Gasteiger partial charge in [0.15, 0.2) is 0 Å². The van der Waals surface area contributed by atoms with Gasteiger partial charge in [-0.25, -0.2) is 0 Å². The van der Waals surface area contributed by atoms with E-state index in [1.165, 1.54) is 0 Å². The second-order valence-electron chi connectivity index (χ2n) is 4.22. The van der Waals surface area contributed by atoms with E-state index < -0.39 is 5.97 Å². The number of hydrogen-bond donors (Lipinski definition) is 3. The van der Waals surface area contributed by atoms with Crippen molar-refractivity contribution in [2.24, 2.45) is 11.5 Å². The molecule has 90 valence electrons. The molecule has 0 aromatic carbocycles. The summed E-state index contributed by atoms with van der Waals surface area (Å²) in [6, 6.07) is 0. The van der Waals surface area contributed by atoms with Gasteiger partial charge in [-0.2, -0.15) is 0 Å². The smallest absolute Gasteiger partial charge is 0.309 e. The maximum absolute atomic E-state index is 10.5. The number of carboxylic acids is 1. The third kappa shape index (κ3) is 7.30. The number of nitrogens with two attached hydrogens (primary N) is 2. The molecule has 0 fully saturated rings. The van der Waals surface area contributed by atoms with Crippen LogP contribution in [0.25, 0.3) is 0 Å². The van der Waals surface area contributed by atoms with Gasteiger partial charge in [-0.05, 0) is 13.1 Å². The molecule has 5 nitrogen and oxygen atoms in total. The van der Waals surface area contributed by atoms with Gasteiger partial charge in [-0.15, -0.1) is 0 Å². The van der Waals surface area contributed by atoms with Crippen molar-refractivity contribution in [2.45, 2.75) is 19.3 Å². The molecule has 0 atom stereocenters. The SMILES string of the molecule is C[N+](CCCN)(CCCN)CCC(=O)O. The molecule has 5 heteroatoms. The lowest BCUT2D eigenvalue weighted by atomic mass is 10.2. The second kappa shape index (κ2) is 7.62. The Bertz CT molecular complexity index is 178. The Kier molecular flexibility index (Phi) is 7.29. The summed E-state index contributed by atoms with van der Waals surface area (Å²) in [4.78, 5) is 10.5. The van der Waals surface area contributed by atoms with E-state index in [0.29, 0.717) is 19.6 Å². The summed E-state index contributed by atoms with van der Waals surface area (Å²) in [6.45, 7) is 3.84. The van der Waals surface area contributed by atoms with Crippen LogP contribution in [0.15, 0.2) is 0 Å². The first kappa shape index (κ1) is 14.3. The fourth-order valence-corrected chi connectivity index (χ4v) is 1.65. The van der Waals surface area contributed by atoms with Crippen molar-refractivity contribution in [3.8, 4) is 0 Å². The van der Waals surface area contributed by atoms with E-state index in [1.807, 2.05) is 0 Å². The Morgan fingerprint density at radius 1 is 1.13 bits per heavy atom. The third-order valence-electron chi connectivity index (χ3n) is 2.67. The minimum atomic E-state index is -0.736. The van der Waals surface area contributed by atoms with Crippen LogP contribution in [0.4, 0.5) is 0 Å². The summed E-state index contributed by atoms with van der Waals surface area (Å²) in [5.74, 6) is -0.736. The second-order valence-corrected chi connectivity index (χ2v) is 4.22. The maximum atomic E-state index is 10.5. The summed E-state index contributed by atoms with van der Waals surface area (Å²) >= 11 is 0. The van der Waals surface area contributed by atoms with Crippen molar-refractivity contribution in [1.82, 2.24) is 0 Å². The molecule has 0 saturated carbocycles. The molecule has 0 rings (SSSR count). The van der Waals surface area contributed by atoms with Crippen molar-refractivity contribution in [3.05, 3.63) is 0 Å². The zero-order valence-electron chi connectivity index (χ0n) is 9.61. The summed E-state index contributed by atoms with van der Waals surface area (Å²) in [5, 5.41) is 8.67. The summed E-state index contributed by atoms with van der Waals surface area (Å²) in [6.07, 6.45) is 2.08. The largest absolute Gasteiger partial charge is 0.481 e. The first-order chi connectivity index (χ1) is 7.04. The number of rotatable bonds is 9. The molecule has 0 radical (unpaired) electrons. The molecule has 0 aromatic heterocycles. The highest BCUT2D eigenvalue weighted by atomic mass is 16.4. The van der Waals surface area contributed by atoms with E-state index in [0.717, 1.165) is 30.4 Å². The standard InChI is InChI=1S/C10H23N3O2/c1-13(7-2-5-11,8-3-6-12)9-4-10(14)15/h2-9,11-12H2,1H3/p+1. The monoisotopic (exact) mass is 218 g/mol. The number of nitrogens with zero attached hydrogens (tertiary/aromatic N) is 1. The Balaban J connectivity index is 4.06. The van der Waals surface area contributed by atoms with Crippen LogP contribution in [0.1, 0.15) is 19.3 Å². The Morgan fingerprint density at radius 2 is 1.60 bits per heavy atom. The van der Waals surface area contributed by atoms with Crippen molar-refractivity contribution in [2.75, 3.05) is 39.8 Å². The molecule has 0 bridgehead atoms. The topological polar surface area (TPSA) is 89.3 Å². The number of carbonyl (C=O) groups is 1. The molecule has 0 amide bonds. The van der Waals surface area contributed by atoms with Gasteiger partial charge < -0.3 is 21.1 Å². The van der Waals surface area contributed by atoms with Gasteiger partial charge in [-0.3, -0.25) is 4.79 Å². The fraction of sp³-hybridized carbons (Fsp3) is 0.900. The van der Waals surface area contributed by atoms with Crippen molar-refractivity contribution in [3.63, 3.8) is 0 Å². The fourth-order valence-electron chi connectivity index (χ4n) is 1.65. The van der Waals surface area contributed by atoms with Crippen LogP contribution in [-0.2, 0) is 4.79 Å². The Labute approximate surface area is 91.6 Å². The predicted octanol–water partition coefficient (Wildman–Crippen LogP) is -0.395. The van der Waals surface area contributed by atoms with Crippen molar-refractivity contribution >= 4 is 5.97 Å². The quantitative estimate of drug-likeness (QED) is 0.460. The molecule has 0 unspecified atom stereocenters. The molecule has 5 N–H and O–H groups in total. The zero-order chi connectivity index (χ0) is 11.7. The van der Waals surface area contributed by atoms with Gasteiger partial charge >= 0.3 is 5.97 Å². The van der Waals surface area contributed by atoms with E-state index in [9.17, 15) is 4.79 Å². The molecule has 15 heavy (non-hydrogen) atoms. The van der Waals surface area contributed by atoms with Crippen LogP contribution in [0.3, 0.4) is 0 Å². The molecule has 0 aliphatic rings. The molecule has 0 spiro atoms. The van der Waals surface area contributed by atoms with Gasteiger partial charge in [0.05, 0.1) is 33.1 Å². The van der Waals surface area contributed by atoms with Gasteiger partial charge in [0.25, 0.3) is 0 Å². The van der Waals surface area contributed by atoms with Crippen LogP contribution in [0.2, 0.25) is 0 Å². The highest BCUT2D eigenvalue weighted by Gasteiger charge is 2.21. The normalized spacial score (nSPS) is 11.7. The number of hydrogen-bond acceptors (Lipinski definition) is 3. The van der Waals surface area contributed by atoms with Crippen LogP contribution >= 0.6 is 0 Å². The van der Waals surface area contributed by atoms with Gasteiger partial charge in [0.2, 0.25) is 0 Å². The van der Waals surface area contributed by atoms with Crippen LogP contribution in [0, 0.1) is 0 Å². The van der Waals surface area contributed by atoms with Gasteiger partial charge in [-0.1, -0.05) is 0 Å². The van der Waals surface area contributed by atoms with E-state index in [4.69, 9.17) is 16.6 Å². The Hall–Kier alpha value is -0.650. The first-order valence-electron chi connectivity index (χ1n) is 5.49. The van der Waals surface area contributed by atoms with E-state index in [2.05, 4.69) is 7.05 Å². The van der Waals surface area contributed by atoms with E-state index >= 15 is 0 Å². The first-order valence-corrected chi connectivity index (χ1v) is 5.49. The molecule has 0 aliphatic carbocycles. The molecule has 0 saturated heterocycles. The molecular weight excluding hydrogens is 194 g/mol. The maximum Gasteiger partial charge on any atom is 0.309 e. The lowest BCUT2D eigenvalue weighted by Crippen LogP contribution is -2.47. The summed E-state index contributed by atoms with van der Waals surface area (Å²) < 4.78 is 0.765. The highest BCUT2D eigenvalue weighted by molar-refractivity contribution is 5.66. The Morgan fingerprint density at radius 3 is 1.93 bits per heavy atom. The highest BCUT2D eigenvalue weighted by Crippen LogP contribution is 2.07. The number of carboxylic acid groups (broad SMARTS) is 1. The van der Waals surface area contributed by atoms with Crippen LogP contribution < -0.4 is 11.5 Å². The van der Waals surface area contributed by atoms with E-state index in [1.54, 1.807) is 0 Å². The van der Waals surface area contributed by atoms with Crippen LogP contribution in [0.5, 0.6) is 0 Å². The van der Waals surface area contributed by atoms with Gasteiger partial charge in [0, 0.05) is 12.8 Å². The lowest BCUT2D eigenvalue weighted by Gasteiger charge is -2.34. The lowest BCUT2D eigenvalue weighted by molar-refractivity contribution is -0.909. The molecule has 0 aliphatic heterocycles. The molecular formula is C10H24N3O2+. The predicted molar refractivity (Wildman–Crippen MR) is 60.4 cm³/mol. The number of quaternary nitrogens is 1. The number of aliphatic carboxylic acids is 1. The van der Waals surface area contributed by atoms with Crippen molar-refractivity contribution < 1.29 is 14.4 Å². The molecule has 0 heterocycles.